The van der Waals surface area contributed by atoms with Gasteiger partial charge < -0.3 is 15.4 Å². The summed E-state index contributed by atoms with van der Waals surface area (Å²) in [7, 11) is 0. The molecule has 216 valence electrons. The number of hydrogen-bond acceptors (Lipinski definition) is 8. The Morgan fingerprint density at radius 3 is 2.51 bits per heavy atom. The molecule has 11 heteroatoms. The van der Waals surface area contributed by atoms with Crippen molar-refractivity contribution < 1.29 is 24.0 Å². The zero-order valence-electron chi connectivity index (χ0n) is 23.4. The van der Waals surface area contributed by atoms with Gasteiger partial charge in [-0.2, -0.15) is 0 Å². The minimum atomic E-state index is -0.523. The van der Waals surface area contributed by atoms with Gasteiger partial charge in [0, 0.05) is 33.2 Å². The van der Waals surface area contributed by atoms with Crippen LogP contribution in [0.15, 0.2) is 53.4 Å². The van der Waals surface area contributed by atoms with E-state index in [9.17, 15) is 24.5 Å². The highest BCUT2D eigenvalue weighted by atomic mass is 32.2. The number of carbonyl (C=O) groups is 3. The minimum Gasteiger partial charge on any atom is -0.462 e. The molecule has 3 aromatic rings. The molecule has 2 N–H and O–H groups in total. The summed E-state index contributed by atoms with van der Waals surface area (Å²) in [5.41, 5.74) is 2.36. The van der Waals surface area contributed by atoms with E-state index < -0.39 is 16.8 Å². The van der Waals surface area contributed by atoms with Crippen LogP contribution in [0, 0.1) is 21.4 Å². The van der Waals surface area contributed by atoms with Gasteiger partial charge in [0.15, 0.2) is 0 Å². The lowest BCUT2D eigenvalue weighted by Crippen LogP contribution is -2.26. The highest BCUT2D eigenvalue weighted by Gasteiger charge is 2.34. The topological polar surface area (TPSA) is 128 Å². The molecule has 1 aliphatic carbocycles. The number of amides is 2. The maximum absolute atomic E-state index is 13.0. The van der Waals surface area contributed by atoms with E-state index in [4.69, 9.17) is 4.74 Å². The van der Waals surface area contributed by atoms with Crippen LogP contribution in [0.5, 0.6) is 0 Å². The second kappa shape index (κ2) is 12.9. The van der Waals surface area contributed by atoms with Crippen molar-refractivity contribution in [2.45, 2.75) is 51.9 Å². The summed E-state index contributed by atoms with van der Waals surface area (Å²) in [6, 6.07) is 12.4. The van der Waals surface area contributed by atoms with Crippen molar-refractivity contribution in [2.75, 3.05) is 23.0 Å². The lowest BCUT2D eigenvalue weighted by molar-refractivity contribution is -0.384. The Hall–Kier alpha value is -3.70. The van der Waals surface area contributed by atoms with Crippen molar-refractivity contribution in [3.8, 4) is 0 Å². The molecular weight excluding hydrogens is 562 g/mol. The Morgan fingerprint density at radius 2 is 1.85 bits per heavy atom. The number of hydrogen-bond donors (Lipinski definition) is 2. The third kappa shape index (κ3) is 7.53. The van der Waals surface area contributed by atoms with Gasteiger partial charge in [-0.05, 0) is 73.4 Å². The van der Waals surface area contributed by atoms with E-state index in [-0.39, 0.29) is 34.9 Å². The van der Waals surface area contributed by atoms with Gasteiger partial charge in [-0.1, -0.05) is 26.8 Å². The number of nitro benzene ring substituents is 1. The summed E-state index contributed by atoms with van der Waals surface area (Å²) in [5, 5.41) is 17.1. The molecule has 0 saturated carbocycles. The standard InChI is InChI=1S/C30H33N3O6S2/c1-5-39-29(36)26-23-14-11-19(30(2,3)4)15-24(23)41-28(26)32-25(34)17-40-22-8-6-7-20(16-22)31-27(35)18-9-12-21(13-10-18)33(37)38/h6-10,12-13,16,19H,5,11,14-15,17H2,1-4H3,(H,31,35)(H,32,34). The van der Waals surface area contributed by atoms with Crippen LogP contribution < -0.4 is 10.6 Å². The number of nitro groups is 1. The fourth-order valence-electron chi connectivity index (χ4n) is 4.75. The van der Waals surface area contributed by atoms with Crippen LogP contribution in [0.25, 0.3) is 0 Å². The van der Waals surface area contributed by atoms with E-state index in [1.807, 2.05) is 6.07 Å². The molecule has 0 saturated heterocycles. The average molecular weight is 596 g/mol. The number of thioether (sulfide) groups is 1. The molecule has 2 amide bonds. The van der Waals surface area contributed by atoms with Crippen LogP contribution in [0.1, 0.15) is 65.3 Å². The van der Waals surface area contributed by atoms with E-state index in [0.29, 0.717) is 22.2 Å². The number of anilines is 2. The van der Waals surface area contributed by atoms with Crippen LogP contribution in [0.4, 0.5) is 16.4 Å². The number of esters is 1. The van der Waals surface area contributed by atoms with Crippen molar-refractivity contribution in [1.29, 1.82) is 0 Å². The van der Waals surface area contributed by atoms with Crippen LogP contribution in [0.3, 0.4) is 0 Å². The molecule has 0 fully saturated rings. The minimum absolute atomic E-state index is 0.0931. The summed E-state index contributed by atoms with van der Waals surface area (Å²) < 4.78 is 5.34. The molecule has 0 radical (unpaired) electrons. The summed E-state index contributed by atoms with van der Waals surface area (Å²) >= 11 is 2.77. The van der Waals surface area contributed by atoms with Gasteiger partial charge in [0.1, 0.15) is 5.00 Å². The normalized spacial score (nSPS) is 14.6. The number of nitrogens with zero attached hydrogens (tertiary/aromatic N) is 1. The number of thiophene rings is 1. The average Bonchev–Trinajstić information content (AvgIpc) is 3.29. The SMILES string of the molecule is CCOC(=O)c1c(NC(=O)CSc2cccc(NC(=O)c3ccc([N+](=O)[O-])cc3)c2)sc2c1CCC(C(C)(C)C)C2. The Bertz CT molecular complexity index is 1460. The molecule has 9 nitrogen and oxygen atoms in total. The fraction of sp³-hybridized carbons (Fsp3) is 0.367. The van der Waals surface area contributed by atoms with Gasteiger partial charge >= 0.3 is 5.97 Å². The van der Waals surface area contributed by atoms with Crippen molar-refractivity contribution in [1.82, 2.24) is 0 Å². The van der Waals surface area contributed by atoms with Gasteiger partial charge in [-0.25, -0.2) is 4.79 Å². The number of nitrogens with one attached hydrogen (secondary N) is 2. The van der Waals surface area contributed by atoms with E-state index in [0.717, 1.165) is 34.6 Å². The molecule has 1 atom stereocenters. The maximum Gasteiger partial charge on any atom is 0.341 e. The number of fused-ring (bicyclic) bond motifs is 1. The number of ether oxygens (including phenoxy) is 1. The van der Waals surface area contributed by atoms with Crippen molar-refractivity contribution in [3.05, 3.63) is 80.2 Å². The molecule has 0 aliphatic heterocycles. The number of rotatable bonds is 9. The zero-order chi connectivity index (χ0) is 29.7. The lowest BCUT2D eigenvalue weighted by atomic mass is 9.72. The first-order valence-corrected chi connectivity index (χ1v) is 15.2. The summed E-state index contributed by atoms with van der Waals surface area (Å²) in [4.78, 5) is 50.7. The van der Waals surface area contributed by atoms with Gasteiger partial charge in [0.05, 0.1) is 22.8 Å². The predicted molar refractivity (Wildman–Crippen MR) is 162 cm³/mol. The van der Waals surface area contributed by atoms with Crippen LogP contribution in [-0.4, -0.2) is 35.1 Å². The highest BCUT2D eigenvalue weighted by Crippen LogP contribution is 2.44. The van der Waals surface area contributed by atoms with Crippen molar-refractivity contribution in [2.24, 2.45) is 11.3 Å². The second-order valence-corrected chi connectivity index (χ2v) is 13.0. The van der Waals surface area contributed by atoms with Gasteiger partial charge in [-0.15, -0.1) is 23.1 Å². The molecule has 1 aliphatic rings. The van der Waals surface area contributed by atoms with E-state index in [2.05, 4.69) is 31.4 Å². The molecule has 2 aromatic carbocycles. The molecule has 41 heavy (non-hydrogen) atoms. The quantitative estimate of drug-likeness (QED) is 0.118. The Balaban J connectivity index is 1.41. The summed E-state index contributed by atoms with van der Waals surface area (Å²) in [6.45, 7) is 8.73. The highest BCUT2D eigenvalue weighted by molar-refractivity contribution is 8.00. The van der Waals surface area contributed by atoms with Gasteiger partial charge in [-0.3, -0.25) is 19.7 Å². The number of carbonyl (C=O) groups excluding carboxylic acids is 3. The van der Waals surface area contributed by atoms with Crippen LogP contribution >= 0.6 is 23.1 Å². The molecule has 4 rings (SSSR count). The lowest BCUT2D eigenvalue weighted by Gasteiger charge is -2.33. The molecular formula is C30H33N3O6S2. The molecule has 0 spiro atoms. The third-order valence-electron chi connectivity index (χ3n) is 7.02. The second-order valence-electron chi connectivity index (χ2n) is 10.9. The van der Waals surface area contributed by atoms with Gasteiger partial charge in [0.25, 0.3) is 11.6 Å². The first kappa shape index (κ1) is 30.3. The zero-order valence-corrected chi connectivity index (χ0v) is 25.1. The van der Waals surface area contributed by atoms with Crippen LogP contribution in [-0.2, 0) is 22.4 Å². The molecule has 1 heterocycles. The largest absolute Gasteiger partial charge is 0.462 e. The Morgan fingerprint density at radius 1 is 1.12 bits per heavy atom. The summed E-state index contributed by atoms with van der Waals surface area (Å²) in [6.07, 6.45) is 2.64. The van der Waals surface area contributed by atoms with Crippen molar-refractivity contribution >= 4 is 57.3 Å². The number of benzene rings is 2. The number of non-ortho nitro benzene ring substituents is 1. The van der Waals surface area contributed by atoms with E-state index in [1.165, 1.54) is 47.4 Å². The third-order valence-corrected chi connectivity index (χ3v) is 9.19. The van der Waals surface area contributed by atoms with Crippen LogP contribution in [0.2, 0.25) is 0 Å². The smallest absolute Gasteiger partial charge is 0.341 e. The molecule has 1 aromatic heterocycles. The molecule has 0 bridgehead atoms. The molecule has 1 unspecified atom stereocenters. The Labute approximate surface area is 247 Å². The predicted octanol–water partition coefficient (Wildman–Crippen LogP) is 6.97. The van der Waals surface area contributed by atoms with Crippen molar-refractivity contribution in [3.63, 3.8) is 0 Å². The van der Waals surface area contributed by atoms with E-state index >= 15 is 0 Å². The summed E-state index contributed by atoms with van der Waals surface area (Å²) in [5.74, 6) is -0.446. The monoisotopic (exact) mass is 595 g/mol. The first-order valence-electron chi connectivity index (χ1n) is 13.4. The fourth-order valence-corrected chi connectivity index (χ4v) is 6.83. The van der Waals surface area contributed by atoms with E-state index in [1.54, 1.807) is 25.1 Å². The maximum atomic E-state index is 13.0. The van der Waals surface area contributed by atoms with Gasteiger partial charge in [0.2, 0.25) is 5.91 Å². The first-order chi connectivity index (χ1) is 19.5. The Kier molecular flexibility index (Phi) is 9.49.